The molecule has 0 unspecified atom stereocenters. The van der Waals surface area contributed by atoms with Gasteiger partial charge in [-0.25, -0.2) is 17.6 Å². The van der Waals surface area contributed by atoms with Crippen molar-refractivity contribution in [2.45, 2.75) is 45.3 Å². The lowest BCUT2D eigenvalue weighted by molar-refractivity contribution is 0.00578. The summed E-state index contributed by atoms with van der Waals surface area (Å²) in [6.45, 7) is 7.01. The molecule has 0 amide bonds. The standard InChI is InChI=1S/C13H15BF4O2/c1-12(2)13(3,4)20-14(19-12)8-5-7(11(17)18)9(15)6-10(8)16/h5-6,11H,1-4H3. The van der Waals surface area contributed by atoms with E-state index in [-0.39, 0.29) is 5.46 Å². The molecule has 20 heavy (non-hydrogen) atoms. The Morgan fingerprint density at radius 1 is 0.950 bits per heavy atom. The summed E-state index contributed by atoms with van der Waals surface area (Å²) in [5.41, 5.74) is -2.55. The molecule has 1 aromatic rings. The van der Waals surface area contributed by atoms with Crippen LogP contribution in [-0.2, 0) is 9.31 Å². The number of hydrogen-bond acceptors (Lipinski definition) is 2. The normalized spacial score (nSPS) is 20.8. The Labute approximate surface area is 115 Å². The lowest BCUT2D eigenvalue weighted by atomic mass is 9.78. The van der Waals surface area contributed by atoms with Gasteiger partial charge in [0.05, 0.1) is 16.8 Å². The third-order valence-electron chi connectivity index (χ3n) is 3.86. The van der Waals surface area contributed by atoms with Crippen molar-refractivity contribution in [3.8, 4) is 0 Å². The average molecular weight is 290 g/mol. The predicted molar refractivity (Wildman–Crippen MR) is 67.0 cm³/mol. The van der Waals surface area contributed by atoms with Crippen molar-refractivity contribution < 1.29 is 26.9 Å². The maximum atomic E-state index is 13.8. The van der Waals surface area contributed by atoms with Crippen molar-refractivity contribution in [2.75, 3.05) is 0 Å². The Balaban J connectivity index is 2.42. The van der Waals surface area contributed by atoms with Gasteiger partial charge in [0, 0.05) is 11.5 Å². The highest BCUT2D eigenvalue weighted by Crippen LogP contribution is 2.37. The van der Waals surface area contributed by atoms with E-state index in [1.54, 1.807) is 27.7 Å². The zero-order chi connectivity index (χ0) is 15.3. The van der Waals surface area contributed by atoms with E-state index >= 15 is 0 Å². The predicted octanol–water partition coefficient (Wildman–Crippen LogP) is 3.20. The Morgan fingerprint density at radius 3 is 1.90 bits per heavy atom. The first kappa shape index (κ1) is 15.3. The minimum absolute atomic E-state index is 0.222. The first-order chi connectivity index (χ1) is 9.05. The average Bonchev–Trinajstić information content (AvgIpc) is 2.47. The first-order valence-electron chi connectivity index (χ1n) is 6.18. The summed E-state index contributed by atoms with van der Waals surface area (Å²) in [6.07, 6.45) is -3.03. The fourth-order valence-corrected chi connectivity index (χ4v) is 1.90. The molecule has 0 saturated carbocycles. The Bertz CT molecular complexity index is 515. The molecule has 2 rings (SSSR count). The lowest BCUT2D eigenvalue weighted by Crippen LogP contribution is -2.41. The molecule has 0 radical (unpaired) electrons. The van der Waals surface area contributed by atoms with E-state index in [9.17, 15) is 17.6 Å². The van der Waals surface area contributed by atoms with Gasteiger partial charge in [0.15, 0.2) is 0 Å². The molecule has 0 aliphatic carbocycles. The molecule has 2 nitrogen and oxygen atoms in total. The highest BCUT2D eigenvalue weighted by Gasteiger charge is 2.52. The maximum Gasteiger partial charge on any atom is 0.497 e. The SMILES string of the molecule is CC1(C)OB(c2cc(C(F)F)c(F)cc2F)OC1(C)C. The number of alkyl halides is 2. The monoisotopic (exact) mass is 290 g/mol. The zero-order valence-corrected chi connectivity index (χ0v) is 11.6. The lowest BCUT2D eigenvalue weighted by Gasteiger charge is -2.32. The van der Waals surface area contributed by atoms with Crippen LogP contribution in [0, 0.1) is 11.6 Å². The maximum absolute atomic E-state index is 13.8. The minimum atomic E-state index is -3.03. The summed E-state index contributed by atoms with van der Waals surface area (Å²) in [6, 6.07) is 1.19. The van der Waals surface area contributed by atoms with Gasteiger partial charge in [-0.2, -0.15) is 0 Å². The Hall–Kier alpha value is -1.08. The van der Waals surface area contributed by atoms with E-state index in [1.807, 2.05) is 0 Å². The van der Waals surface area contributed by atoms with Gasteiger partial charge in [0.1, 0.15) is 11.6 Å². The summed E-state index contributed by atoms with van der Waals surface area (Å²) in [7, 11) is -1.14. The van der Waals surface area contributed by atoms with Crippen molar-refractivity contribution in [2.24, 2.45) is 0 Å². The molecule has 0 bridgehead atoms. The van der Waals surface area contributed by atoms with Gasteiger partial charge in [-0.3, -0.25) is 0 Å². The molecule has 1 aliphatic heterocycles. The second kappa shape index (κ2) is 4.74. The molecule has 0 aromatic heterocycles. The summed E-state index contributed by atoms with van der Waals surface area (Å²) in [5, 5.41) is 0. The van der Waals surface area contributed by atoms with Crippen LogP contribution >= 0.6 is 0 Å². The molecule has 0 atom stereocenters. The fraction of sp³-hybridized carbons (Fsp3) is 0.538. The fourth-order valence-electron chi connectivity index (χ4n) is 1.90. The second-order valence-electron chi connectivity index (χ2n) is 5.78. The van der Waals surface area contributed by atoms with Crippen molar-refractivity contribution in [1.82, 2.24) is 0 Å². The molecule has 0 N–H and O–H groups in total. The molecule has 110 valence electrons. The number of halogens is 4. The molecule has 1 aromatic carbocycles. The van der Waals surface area contributed by atoms with E-state index in [0.717, 1.165) is 6.07 Å². The van der Waals surface area contributed by atoms with Crippen molar-refractivity contribution in [3.63, 3.8) is 0 Å². The smallest absolute Gasteiger partial charge is 0.399 e. The van der Waals surface area contributed by atoms with Crippen LogP contribution in [0.3, 0.4) is 0 Å². The van der Waals surface area contributed by atoms with Gasteiger partial charge < -0.3 is 9.31 Å². The molecule has 1 saturated heterocycles. The summed E-state index contributed by atoms with van der Waals surface area (Å²) in [4.78, 5) is 0. The highest BCUT2D eigenvalue weighted by molar-refractivity contribution is 6.62. The third kappa shape index (κ3) is 2.44. The number of benzene rings is 1. The topological polar surface area (TPSA) is 18.5 Å². The van der Waals surface area contributed by atoms with E-state index in [1.165, 1.54) is 0 Å². The van der Waals surface area contributed by atoms with Gasteiger partial charge in [-0.1, -0.05) is 0 Å². The molecule has 1 fully saturated rings. The Kier molecular flexibility index (Phi) is 3.63. The van der Waals surface area contributed by atoms with E-state index < -0.39 is 41.9 Å². The molecular formula is C13H15BF4O2. The van der Waals surface area contributed by atoms with Gasteiger partial charge in [0.25, 0.3) is 6.43 Å². The largest absolute Gasteiger partial charge is 0.497 e. The van der Waals surface area contributed by atoms with Crippen LogP contribution < -0.4 is 5.46 Å². The third-order valence-corrected chi connectivity index (χ3v) is 3.86. The molecule has 1 aliphatic rings. The summed E-state index contributed by atoms with van der Waals surface area (Å²) in [5.74, 6) is -2.25. The van der Waals surface area contributed by atoms with Gasteiger partial charge >= 0.3 is 7.12 Å². The van der Waals surface area contributed by atoms with Gasteiger partial charge in [0.2, 0.25) is 0 Å². The van der Waals surface area contributed by atoms with Crippen LogP contribution in [-0.4, -0.2) is 18.3 Å². The van der Waals surface area contributed by atoms with Crippen LogP contribution in [0.5, 0.6) is 0 Å². The quantitative estimate of drug-likeness (QED) is 0.615. The number of rotatable bonds is 2. The molecular weight excluding hydrogens is 275 g/mol. The minimum Gasteiger partial charge on any atom is -0.399 e. The van der Waals surface area contributed by atoms with Gasteiger partial charge in [-0.05, 0) is 33.8 Å². The van der Waals surface area contributed by atoms with Crippen LogP contribution in [0.15, 0.2) is 12.1 Å². The summed E-state index contributed by atoms with van der Waals surface area (Å²) >= 11 is 0. The van der Waals surface area contributed by atoms with Gasteiger partial charge in [-0.15, -0.1) is 0 Å². The second-order valence-corrected chi connectivity index (χ2v) is 5.78. The van der Waals surface area contributed by atoms with Crippen LogP contribution in [0.2, 0.25) is 0 Å². The van der Waals surface area contributed by atoms with Crippen molar-refractivity contribution in [3.05, 3.63) is 29.3 Å². The molecule has 1 heterocycles. The van der Waals surface area contributed by atoms with E-state index in [0.29, 0.717) is 6.07 Å². The van der Waals surface area contributed by atoms with Crippen molar-refractivity contribution in [1.29, 1.82) is 0 Å². The molecule has 0 spiro atoms. The van der Waals surface area contributed by atoms with E-state index in [4.69, 9.17) is 9.31 Å². The van der Waals surface area contributed by atoms with Crippen molar-refractivity contribution >= 4 is 12.6 Å². The molecule has 7 heteroatoms. The number of hydrogen-bond donors (Lipinski definition) is 0. The first-order valence-corrected chi connectivity index (χ1v) is 6.18. The van der Waals surface area contributed by atoms with Crippen LogP contribution in [0.25, 0.3) is 0 Å². The Morgan fingerprint density at radius 2 is 1.45 bits per heavy atom. The highest BCUT2D eigenvalue weighted by atomic mass is 19.3. The zero-order valence-electron chi connectivity index (χ0n) is 11.6. The summed E-state index contributed by atoms with van der Waals surface area (Å²) < 4.78 is 63.6. The van der Waals surface area contributed by atoms with E-state index in [2.05, 4.69) is 0 Å². The van der Waals surface area contributed by atoms with Crippen LogP contribution in [0.1, 0.15) is 39.7 Å². The van der Waals surface area contributed by atoms with Crippen LogP contribution in [0.4, 0.5) is 17.6 Å².